The molecule has 0 saturated carbocycles. The van der Waals surface area contributed by atoms with Gasteiger partial charge in [-0.1, -0.05) is 23.8 Å². The summed E-state index contributed by atoms with van der Waals surface area (Å²) in [5.74, 6) is 0. The molecular formula is C12H20N2. The maximum Gasteiger partial charge on any atom is 0.0298 e. The van der Waals surface area contributed by atoms with Gasteiger partial charge in [-0.15, -0.1) is 0 Å². The van der Waals surface area contributed by atoms with Gasteiger partial charge in [-0.2, -0.15) is 0 Å². The number of benzene rings is 1. The molecule has 1 atom stereocenters. The Kier molecular flexibility index (Phi) is 4.11. The summed E-state index contributed by atoms with van der Waals surface area (Å²) in [6, 6.07) is 6.57. The van der Waals surface area contributed by atoms with Crippen molar-refractivity contribution in [3.8, 4) is 0 Å². The van der Waals surface area contributed by atoms with E-state index in [4.69, 9.17) is 11.5 Å². The molecule has 1 aromatic rings. The number of rotatable bonds is 4. The Morgan fingerprint density at radius 2 is 2.00 bits per heavy atom. The third kappa shape index (κ3) is 2.82. The van der Waals surface area contributed by atoms with E-state index in [1.54, 1.807) is 0 Å². The molecule has 1 aromatic carbocycles. The minimum atomic E-state index is 0.137. The summed E-state index contributed by atoms with van der Waals surface area (Å²) in [7, 11) is 0. The van der Waals surface area contributed by atoms with Crippen LogP contribution in [0.25, 0.3) is 0 Å². The molecule has 0 heterocycles. The fourth-order valence-electron chi connectivity index (χ4n) is 1.65. The highest BCUT2D eigenvalue weighted by atomic mass is 14.6. The van der Waals surface area contributed by atoms with Crippen LogP contribution < -0.4 is 11.5 Å². The third-order valence-corrected chi connectivity index (χ3v) is 2.55. The second-order valence-corrected chi connectivity index (χ2v) is 3.90. The molecule has 78 valence electrons. The van der Waals surface area contributed by atoms with E-state index in [-0.39, 0.29) is 6.04 Å². The first-order chi connectivity index (χ1) is 6.65. The van der Waals surface area contributed by atoms with Gasteiger partial charge in [-0.25, -0.2) is 0 Å². The molecule has 4 N–H and O–H groups in total. The molecule has 0 amide bonds. The second kappa shape index (κ2) is 5.13. The molecular weight excluding hydrogens is 172 g/mol. The highest BCUT2D eigenvalue weighted by Crippen LogP contribution is 2.20. The van der Waals surface area contributed by atoms with E-state index in [0.29, 0.717) is 0 Å². The minimum absolute atomic E-state index is 0.137. The quantitative estimate of drug-likeness (QED) is 0.767. The molecule has 0 aliphatic carbocycles. The van der Waals surface area contributed by atoms with Crippen LogP contribution in [0.3, 0.4) is 0 Å². The molecule has 0 spiro atoms. The van der Waals surface area contributed by atoms with Crippen molar-refractivity contribution in [2.24, 2.45) is 11.5 Å². The molecule has 0 radical (unpaired) electrons. The Morgan fingerprint density at radius 1 is 1.29 bits per heavy atom. The van der Waals surface area contributed by atoms with Gasteiger partial charge >= 0.3 is 0 Å². The lowest BCUT2D eigenvalue weighted by molar-refractivity contribution is 0.615. The first-order valence-corrected chi connectivity index (χ1v) is 5.18. The van der Waals surface area contributed by atoms with Crippen molar-refractivity contribution < 1.29 is 0 Å². The van der Waals surface area contributed by atoms with Crippen molar-refractivity contribution >= 4 is 0 Å². The maximum atomic E-state index is 6.10. The third-order valence-electron chi connectivity index (χ3n) is 2.55. The zero-order valence-corrected chi connectivity index (χ0v) is 9.09. The Bertz CT molecular complexity index is 294. The normalized spacial score (nSPS) is 12.9. The minimum Gasteiger partial charge on any atom is -0.330 e. The van der Waals surface area contributed by atoms with Crippen LogP contribution in [-0.4, -0.2) is 6.54 Å². The van der Waals surface area contributed by atoms with Gasteiger partial charge in [0.25, 0.3) is 0 Å². The van der Waals surface area contributed by atoms with Crippen LogP contribution in [0, 0.1) is 13.8 Å². The molecule has 1 unspecified atom stereocenters. The number of hydrogen-bond donors (Lipinski definition) is 2. The Hall–Kier alpha value is -0.860. The van der Waals surface area contributed by atoms with E-state index in [9.17, 15) is 0 Å². The second-order valence-electron chi connectivity index (χ2n) is 3.90. The average Bonchev–Trinajstić information content (AvgIpc) is 2.18. The number of nitrogens with two attached hydrogens (primary N) is 2. The van der Waals surface area contributed by atoms with E-state index < -0.39 is 0 Å². The molecule has 2 nitrogen and oxygen atoms in total. The summed E-state index contributed by atoms with van der Waals surface area (Å²) in [6.07, 6.45) is 1.97. The van der Waals surface area contributed by atoms with Crippen molar-refractivity contribution in [3.63, 3.8) is 0 Å². The average molecular weight is 192 g/mol. The molecule has 1 rings (SSSR count). The Balaban J connectivity index is 2.77. The van der Waals surface area contributed by atoms with Crippen molar-refractivity contribution in [2.75, 3.05) is 6.54 Å². The van der Waals surface area contributed by atoms with Crippen LogP contribution in [0.4, 0.5) is 0 Å². The lowest BCUT2D eigenvalue weighted by Gasteiger charge is -2.14. The fraction of sp³-hybridized carbons (Fsp3) is 0.500. The summed E-state index contributed by atoms with van der Waals surface area (Å²) in [5.41, 5.74) is 15.4. The fourth-order valence-corrected chi connectivity index (χ4v) is 1.65. The monoisotopic (exact) mass is 192 g/mol. The van der Waals surface area contributed by atoms with E-state index in [1.807, 2.05) is 0 Å². The van der Waals surface area contributed by atoms with Gasteiger partial charge in [-0.05, 0) is 44.4 Å². The van der Waals surface area contributed by atoms with Crippen molar-refractivity contribution in [3.05, 3.63) is 34.9 Å². The van der Waals surface area contributed by atoms with Crippen LogP contribution in [0.15, 0.2) is 18.2 Å². The summed E-state index contributed by atoms with van der Waals surface area (Å²) in [4.78, 5) is 0. The molecule has 0 aromatic heterocycles. The first-order valence-electron chi connectivity index (χ1n) is 5.18. The standard InChI is InChI=1S/C12H20N2/c1-9-5-6-10(2)11(8-9)12(14)4-3-7-13/h5-6,8,12H,3-4,7,13-14H2,1-2H3. The molecule has 0 saturated heterocycles. The Morgan fingerprint density at radius 3 is 2.64 bits per heavy atom. The van der Waals surface area contributed by atoms with Crippen LogP contribution in [0.5, 0.6) is 0 Å². The molecule has 2 heteroatoms. The van der Waals surface area contributed by atoms with E-state index in [0.717, 1.165) is 19.4 Å². The smallest absolute Gasteiger partial charge is 0.0298 e. The predicted octanol–water partition coefficient (Wildman–Crippen LogP) is 2.04. The lowest BCUT2D eigenvalue weighted by atomic mass is 9.96. The van der Waals surface area contributed by atoms with Gasteiger partial charge in [0.2, 0.25) is 0 Å². The highest BCUT2D eigenvalue weighted by molar-refractivity contribution is 5.32. The SMILES string of the molecule is Cc1ccc(C)c(C(N)CCCN)c1. The van der Waals surface area contributed by atoms with Gasteiger partial charge in [0.05, 0.1) is 0 Å². The predicted molar refractivity (Wildman–Crippen MR) is 61.1 cm³/mol. The zero-order chi connectivity index (χ0) is 10.6. The lowest BCUT2D eigenvalue weighted by Crippen LogP contribution is -2.13. The number of hydrogen-bond acceptors (Lipinski definition) is 2. The summed E-state index contributed by atoms with van der Waals surface area (Å²) in [5, 5.41) is 0. The summed E-state index contributed by atoms with van der Waals surface area (Å²) >= 11 is 0. The van der Waals surface area contributed by atoms with E-state index in [1.165, 1.54) is 16.7 Å². The van der Waals surface area contributed by atoms with E-state index in [2.05, 4.69) is 32.0 Å². The number of aryl methyl sites for hydroxylation is 2. The summed E-state index contributed by atoms with van der Waals surface area (Å²) < 4.78 is 0. The van der Waals surface area contributed by atoms with Gasteiger partial charge in [0, 0.05) is 6.04 Å². The zero-order valence-electron chi connectivity index (χ0n) is 9.09. The topological polar surface area (TPSA) is 52.0 Å². The van der Waals surface area contributed by atoms with Crippen LogP contribution in [0.1, 0.15) is 35.6 Å². The van der Waals surface area contributed by atoms with Crippen molar-refractivity contribution in [1.82, 2.24) is 0 Å². The first kappa shape index (κ1) is 11.2. The van der Waals surface area contributed by atoms with Crippen molar-refractivity contribution in [1.29, 1.82) is 0 Å². The van der Waals surface area contributed by atoms with Gasteiger partial charge in [-0.3, -0.25) is 0 Å². The van der Waals surface area contributed by atoms with Gasteiger partial charge < -0.3 is 11.5 Å². The van der Waals surface area contributed by atoms with Crippen LogP contribution in [-0.2, 0) is 0 Å². The molecule has 0 fully saturated rings. The Labute approximate surface area is 86.3 Å². The largest absolute Gasteiger partial charge is 0.330 e. The van der Waals surface area contributed by atoms with E-state index >= 15 is 0 Å². The van der Waals surface area contributed by atoms with Crippen molar-refractivity contribution in [2.45, 2.75) is 32.7 Å². The molecule has 0 aliphatic heterocycles. The molecule has 14 heavy (non-hydrogen) atoms. The van der Waals surface area contributed by atoms with Gasteiger partial charge in [0.15, 0.2) is 0 Å². The van der Waals surface area contributed by atoms with Gasteiger partial charge in [0.1, 0.15) is 0 Å². The maximum absolute atomic E-state index is 6.10. The highest BCUT2D eigenvalue weighted by Gasteiger charge is 2.08. The molecule has 0 bridgehead atoms. The summed E-state index contributed by atoms with van der Waals surface area (Å²) in [6.45, 7) is 4.92. The molecule has 0 aliphatic rings. The van der Waals surface area contributed by atoms with Crippen LogP contribution in [0.2, 0.25) is 0 Å². The van der Waals surface area contributed by atoms with Crippen LogP contribution >= 0.6 is 0 Å².